The van der Waals surface area contributed by atoms with Crippen LogP contribution in [0.25, 0.3) is 0 Å². The van der Waals surface area contributed by atoms with E-state index in [9.17, 15) is 4.79 Å². The molecule has 26 heavy (non-hydrogen) atoms. The fraction of sp³-hybridized carbons (Fsp3) is 0.350. The van der Waals surface area contributed by atoms with Crippen molar-refractivity contribution in [1.29, 1.82) is 0 Å². The van der Waals surface area contributed by atoms with E-state index in [4.69, 9.17) is 9.47 Å². The fourth-order valence-electron chi connectivity index (χ4n) is 3.13. The van der Waals surface area contributed by atoms with Gasteiger partial charge in [-0.2, -0.15) is 0 Å². The van der Waals surface area contributed by atoms with Crippen molar-refractivity contribution in [2.75, 3.05) is 40.4 Å². The molecule has 0 bridgehead atoms. The molecule has 0 radical (unpaired) electrons. The number of amides is 1. The van der Waals surface area contributed by atoms with E-state index in [1.54, 1.807) is 32.4 Å². The van der Waals surface area contributed by atoms with Crippen molar-refractivity contribution in [1.82, 2.24) is 9.80 Å². The van der Waals surface area contributed by atoms with Crippen molar-refractivity contribution in [3.63, 3.8) is 0 Å². The first-order valence-corrected chi connectivity index (χ1v) is 9.38. The lowest BCUT2D eigenvalue weighted by Gasteiger charge is -2.35. The van der Waals surface area contributed by atoms with E-state index in [2.05, 4.69) is 39.0 Å². The van der Waals surface area contributed by atoms with E-state index in [1.165, 1.54) is 5.56 Å². The SMILES string of the molecule is COc1ccc(C(=O)N2CCN(Cc3ccccc3Br)CC2)cc1OC. The van der Waals surface area contributed by atoms with Crippen LogP contribution in [0.2, 0.25) is 0 Å². The molecule has 1 amide bonds. The van der Waals surface area contributed by atoms with Crippen molar-refractivity contribution >= 4 is 21.8 Å². The van der Waals surface area contributed by atoms with Gasteiger partial charge in [0.05, 0.1) is 14.2 Å². The lowest BCUT2D eigenvalue weighted by molar-refractivity contribution is 0.0628. The van der Waals surface area contributed by atoms with Crippen LogP contribution in [0.4, 0.5) is 0 Å². The topological polar surface area (TPSA) is 42.0 Å². The Morgan fingerprint density at radius 2 is 1.69 bits per heavy atom. The highest BCUT2D eigenvalue weighted by Gasteiger charge is 2.23. The Kier molecular flexibility index (Phi) is 6.16. The molecule has 2 aromatic carbocycles. The lowest BCUT2D eigenvalue weighted by atomic mass is 10.1. The summed E-state index contributed by atoms with van der Waals surface area (Å²) in [6, 6.07) is 13.6. The van der Waals surface area contributed by atoms with Crippen molar-refractivity contribution in [3.8, 4) is 11.5 Å². The first-order valence-electron chi connectivity index (χ1n) is 8.59. The van der Waals surface area contributed by atoms with E-state index in [1.807, 2.05) is 11.0 Å². The molecule has 1 saturated heterocycles. The number of benzene rings is 2. The number of nitrogens with zero attached hydrogens (tertiary/aromatic N) is 2. The Labute approximate surface area is 162 Å². The van der Waals surface area contributed by atoms with Crippen molar-refractivity contribution < 1.29 is 14.3 Å². The molecule has 1 fully saturated rings. The largest absolute Gasteiger partial charge is 0.493 e. The number of halogens is 1. The second-order valence-electron chi connectivity index (χ2n) is 6.23. The van der Waals surface area contributed by atoms with Gasteiger partial charge in [-0.15, -0.1) is 0 Å². The van der Waals surface area contributed by atoms with Crippen LogP contribution >= 0.6 is 15.9 Å². The fourth-order valence-corrected chi connectivity index (χ4v) is 3.54. The van der Waals surface area contributed by atoms with Crippen molar-refractivity contribution in [3.05, 3.63) is 58.1 Å². The third-order valence-electron chi connectivity index (χ3n) is 4.64. The Bertz CT molecular complexity index is 773. The molecule has 0 N–H and O–H groups in total. The van der Waals surface area contributed by atoms with Gasteiger partial charge in [-0.3, -0.25) is 9.69 Å². The third kappa shape index (κ3) is 4.19. The molecule has 2 aromatic rings. The molecule has 1 aliphatic rings. The van der Waals surface area contributed by atoms with Crippen LogP contribution in [-0.2, 0) is 6.54 Å². The molecule has 3 rings (SSSR count). The van der Waals surface area contributed by atoms with Gasteiger partial charge in [0.15, 0.2) is 11.5 Å². The number of carbonyl (C=O) groups is 1. The molecular formula is C20H23BrN2O3. The molecule has 138 valence electrons. The minimum atomic E-state index is 0.0338. The number of piperazine rings is 1. The smallest absolute Gasteiger partial charge is 0.254 e. The molecule has 1 aliphatic heterocycles. The Hall–Kier alpha value is -2.05. The second kappa shape index (κ2) is 8.56. The summed E-state index contributed by atoms with van der Waals surface area (Å²) in [6.45, 7) is 4.05. The van der Waals surface area contributed by atoms with E-state index >= 15 is 0 Å². The van der Waals surface area contributed by atoms with Gasteiger partial charge in [0, 0.05) is 42.8 Å². The maximum atomic E-state index is 12.8. The molecular weight excluding hydrogens is 396 g/mol. The van der Waals surface area contributed by atoms with Gasteiger partial charge in [-0.25, -0.2) is 0 Å². The summed E-state index contributed by atoms with van der Waals surface area (Å²) in [7, 11) is 3.16. The molecule has 0 atom stereocenters. The molecule has 5 nitrogen and oxygen atoms in total. The second-order valence-corrected chi connectivity index (χ2v) is 7.08. The highest BCUT2D eigenvalue weighted by Crippen LogP contribution is 2.28. The van der Waals surface area contributed by atoms with Crippen LogP contribution in [0.1, 0.15) is 15.9 Å². The van der Waals surface area contributed by atoms with Gasteiger partial charge in [-0.05, 0) is 29.8 Å². The van der Waals surface area contributed by atoms with Gasteiger partial charge < -0.3 is 14.4 Å². The number of hydrogen-bond donors (Lipinski definition) is 0. The third-order valence-corrected chi connectivity index (χ3v) is 5.42. The van der Waals surface area contributed by atoms with Gasteiger partial charge in [0.25, 0.3) is 5.91 Å². The highest BCUT2D eigenvalue weighted by atomic mass is 79.9. The Morgan fingerprint density at radius 3 is 2.35 bits per heavy atom. The predicted molar refractivity (Wildman–Crippen MR) is 105 cm³/mol. The summed E-state index contributed by atoms with van der Waals surface area (Å²) in [5, 5.41) is 0. The highest BCUT2D eigenvalue weighted by molar-refractivity contribution is 9.10. The molecule has 0 spiro atoms. The monoisotopic (exact) mass is 418 g/mol. The number of rotatable bonds is 5. The molecule has 1 heterocycles. The van der Waals surface area contributed by atoms with Gasteiger partial charge in [-0.1, -0.05) is 34.1 Å². The molecule has 0 unspecified atom stereocenters. The minimum absolute atomic E-state index is 0.0338. The number of hydrogen-bond acceptors (Lipinski definition) is 4. The lowest BCUT2D eigenvalue weighted by Crippen LogP contribution is -2.48. The van der Waals surface area contributed by atoms with E-state index in [-0.39, 0.29) is 5.91 Å². The normalized spacial score (nSPS) is 15.0. The Morgan fingerprint density at radius 1 is 1.00 bits per heavy atom. The van der Waals surface area contributed by atoms with Gasteiger partial charge >= 0.3 is 0 Å². The van der Waals surface area contributed by atoms with Crippen LogP contribution in [0.3, 0.4) is 0 Å². The molecule has 0 aromatic heterocycles. The maximum absolute atomic E-state index is 12.8. The number of ether oxygens (including phenoxy) is 2. The van der Waals surface area contributed by atoms with Crippen molar-refractivity contribution in [2.24, 2.45) is 0 Å². The first-order chi connectivity index (χ1) is 12.6. The number of methoxy groups -OCH3 is 2. The molecule has 6 heteroatoms. The maximum Gasteiger partial charge on any atom is 0.254 e. The quantitative estimate of drug-likeness (QED) is 0.745. The molecule has 0 aliphatic carbocycles. The first kappa shape index (κ1) is 18.7. The van der Waals surface area contributed by atoms with Crippen LogP contribution in [0, 0.1) is 0 Å². The van der Waals surface area contributed by atoms with Crippen molar-refractivity contribution in [2.45, 2.75) is 6.54 Å². The number of carbonyl (C=O) groups excluding carboxylic acids is 1. The molecule has 0 saturated carbocycles. The summed E-state index contributed by atoms with van der Waals surface area (Å²) in [4.78, 5) is 17.1. The summed E-state index contributed by atoms with van der Waals surface area (Å²) >= 11 is 3.60. The average molecular weight is 419 g/mol. The zero-order chi connectivity index (χ0) is 18.5. The van der Waals surface area contributed by atoms with Crippen LogP contribution in [0.15, 0.2) is 46.9 Å². The average Bonchev–Trinajstić information content (AvgIpc) is 2.69. The van der Waals surface area contributed by atoms with Crippen LogP contribution in [0.5, 0.6) is 11.5 Å². The predicted octanol–water partition coefficient (Wildman–Crippen LogP) is 3.42. The summed E-state index contributed by atoms with van der Waals surface area (Å²) < 4.78 is 11.7. The zero-order valence-electron chi connectivity index (χ0n) is 15.1. The summed E-state index contributed by atoms with van der Waals surface area (Å²) in [5.74, 6) is 1.24. The van der Waals surface area contributed by atoms with Crippen LogP contribution < -0.4 is 9.47 Å². The summed E-state index contributed by atoms with van der Waals surface area (Å²) in [6.07, 6.45) is 0. The van der Waals surface area contributed by atoms with E-state index < -0.39 is 0 Å². The Balaban J connectivity index is 1.61. The van der Waals surface area contributed by atoms with E-state index in [0.717, 1.165) is 37.2 Å². The zero-order valence-corrected chi connectivity index (χ0v) is 16.7. The van der Waals surface area contributed by atoms with Crippen LogP contribution in [-0.4, -0.2) is 56.1 Å². The standard InChI is InChI=1S/C20H23BrN2O3/c1-25-18-8-7-15(13-19(18)26-2)20(24)23-11-9-22(10-12-23)14-16-5-3-4-6-17(16)21/h3-8,13H,9-12,14H2,1-2H3. The minimum Gasteiger partial charge on any atom is -0.493 e. The van der Waals surface area contributed by atoms with Gasteiger partial charge in [0.1, 0.15) is 0 Å². The van der Waals surface area contributed by atoms with E-state index in [0.29, 0.717) is 17.1 Å². The van der Waals surface area contributed by atoms with Gasteiger partial charge in [0.2, 0.25) is 0 Å². The summed E-state index contributed by atoms with van der Waals surface area (Å²) in [5.41, 5.74) is 1.90.